The van der Waals surface area contributed by atoms with Gasteiger partial charge in [-0.2, -0.15) is 0 Å². The molecule has 2 aromatic rings. The molecule has 0 fully saturated rings. The molecule has 0 radical (unpaired) electrons. The molecule has 0 saturated carbocycles. The van der Waals surface area contributed by atoms with Crippen LogP contribution in [0.5, 0.6) is 0 Å². The van der Waals surface area contributed by atoms with Crippen LogP contribution in [0, 0.1) is 9.49 Å². The van der Waals surface area contributed by atoms with Crippen molar-refractivity contribution in [1.29, 1.82) is 0 Å². The number of hydrogen-bond donors (Lipinski definition) is 0. The largest absolute Gasteiger partial charge is 0.263 e. The number of hydrogen-bond acceptors (Lipinski definition) is 2. The first-order valence-corrected chi connectivity index (χ1v) is 7.94. The summed E-state index contributed by atoms with van der Waals surface area (Å²) in [7, 11) is 0. The summed E-state index contributed by atoms with van der Waals surface area (Å²) in [5.74, 6) is 0.912. The Kier molecular flexibility index (Phi) is 5.48. The van der Waals surface area contributed by atoms with Gasteiger partial charge in [0.25, 0.3) is 6.43 Å². The third-order valence-corrected chi connectivity index (χ3v) is 4.63. The lowest BCUT2D eigenvalue weighted by Crippen LogP contribution is -2.04. The van der Waals surface area contributed by atoms with Crippen LogP contribution in [0.2, 0.25) is 5.15 Å². The standard InChI is InChI=1S/C15H14ClF2IN2/c1-8(2)7-11-12(19)13(16)21-15(20-11)10-5-3-9(4-6-10)14(17)18/h3-6,8,14H,7H2,1-2H3. The Morgan fingerprint density at radius 2 is 1.76 bits per heavy atom. The Bertz CT molecular complexity index is 630. The molecule has 21 heavy (non-hydrogen) atoms. The number of rotatable bonds is 4. The van der Waals surface area contributed by atoms with Gasteiger partial charge in [0.05, 0.1) is 9.26 Å². The minimum Gasteiger partial charge on any atom is -0.232 e. The van der Waals surface area contributed by atoms with Gasteiger partial charge < -0.3 is 0 Å². The highest BCUT2D eigenvalue weighted by molar-refractivity contribution is 14.1. The number of nitrogens with zero attached hydrogens (tertiary/aromatic N) is 2. The fraction of sp³-hybridized carbons (Fsp3) is 0.333. The highest BCUT2D eigenvalue weighted by Gasteiger charge is 2.14. The van der Waals surface area contributed by atoms with E-state index in [0.717, 1.165) is 15.7 Å². The van der Waals surface area contributed by atoms with Crippen molar-refractivity contribution in [2.45, 2.75) is 26.7 Å². The molecule has 2 rings (SSSR count). The predicted molar refractivity (Wildman–Crippen MR) is 88.7 cm³/mol. The van der Waals surface area contributed by atoms with E-state index in [9.17, 15) is 8.78 Å². The Morgan fingerprint density at radius 3 is 2.29 bits per heavy atom. The molecule has 0 spiro atoms. The summed E-state index contributed by atoms with van der Waals surface area (Å²) in [4.78, 5) is 8.77. The second kappa shape index (κ2) is 6.96. The van der Waals surface area contributed by atoms with E-state index in [-0.39, 0.29) is 5.56 Å². The lowest BCUT2D eigenvalue weighted by molar-refractivity contribution is 0.151. The second-order valence-corrected chi connectivity index (χ2v) is 6.56. The summed E-state index contributed by atoms with van der Waals surface area (Å²) in [6, 6.07) is 5.97. The van der Waals surface area contributed by atoms with E-state index in [1.807, 2.05) is 0 Å². The number of halogens is 4. The van der Waals surface area contributed by atoms with E-state index in [2.05, 4.69) is 46.4 Å². The summed E-state index contributed by atoms with van der Waals surface area (Å²) < 4.78 is 26.0. The SMILES string of the molecule is CC(C)Cc1nc(-c2ccc(C(F)F)cc2)nc(Cl)c1I. The van der Waals surface area contributed by atoms with Gasteiger partial charge >= 0.3 is 0 Å². The highest BCUT2D eigenvalue weighted by atomic mass is 127. The van der Waals surface area contributed by atoms with E-state index >= 15 is 0 Å². The van der Waals surface area contributed by atoms with Gasteiger partial charge in [-0.15, -0.1) is 0 Å². The molecule has 1 heterocycles. The molecule has 0 N–H and O–H groups in total. The van der Waals surface area contributed by atoms with Crippen LogP contribution in [0.4, 0.5) is 8.78 Å². The average molecular weight is 423 g/mol. The first kappa shape index (κ1) is 16.5. The maximum atomic E-state index is 12.6. The zero-order chi connectivity index (χ0) is 15.6. The van der Waals surface area contributed by atoms with Crippen LogP contribution < -0.4 is 0 Å². The van der Waals surface area contributed by atoms with Crippen LogP contribution in [0.25, 0.3) is 11.4 Å². The minimum atomic E-state index is -2.48. The van der Waals surface area contributed by atoms with Crippen LogP contribution in [0.1, 0.15) is 31.5 Å². The molecule has 0 atom stereocenters. The monoisotopic (exact) mass is 422 g/mol. The van der Waals surface area contributed by atoms with Crippen molar-refractivity contribution in [3.05, 3.63) is 44.2 Å². The van der Waals surface area contributed by atoms with Crippen molar-refractivity contribution in [2.75, 3.05) is 0 Å². The molecule has 0 unspecified atom stereocenters. The smallest absolute Gasteiger partial charge is 0.232 e. The van der Waals surface area contributed by atoms with Gasteiger partial charge in [-0.25, -0.2) is 18.7 Å². The van der Waals surface area contributed by atoms with Gasteiger partial charge in [0, 0.05) is 11.1 Å². The molecule has 1 aromatic heterocycles. The van der Waals surface area contributed by atoms with E-state index < -0.39 is 6.43 Å². The Morgan fingerprint density at radius 1 is 1.14 bits per heavy atom. The van der Waals surface area contributed by atoms with Crippen LogP contribution in [-0.2, 0) is 6.42 Å². The van der Waals surface area contributed by atoms with Crippen LogP contribution >= 0.6 is 34.2 Å². The van der Waals surface area contributed by atoms with E-state index in [1.165, 1.54) is 12.1 Å². The molecule has 0 aliphatic carbocycles. The molecule has 2 nitrogen and oxygen atoms in total. The number of benzene rings is 1. The van der Waals surface area contributed by atoms with Gasteiger partial charge in [-0.05, 0) is 34.9 Å². The lowest BCUT2D eigenvalue weighted by atomic mass is 10.1. The molecule has 112 valence electrons. The van der Waals surface area contributed by atoms with Gasteiger partial charge in [-0.1, -0.05) is 49.7 Å². The Balaban J connectivity index is 2.41. The molecule has 0 aliphatic heterocycles. The Hall–Kier alpha value is -0.820. The summed E-state index contributed by atoms with van der Waals surface area (Å²) in [5.41, 5.74) is 1.55. The Labute approximate surface area is 141 Å². The summed E-state index contributed by atoms with van der Waals surface area (Å²) >= 11 is 8.29. The highest BCUT2D eigenvalue weighted by Crippen LogP contribution is 2.27. The van der Waals surface area contributed by atoms with Gasteiger partial charge in [0.1, 0.15) is 5.15 Å². The van der Waals surface area contributed by atoms with E-state index in [0.29, 0.717) is 22.5 Å². The van der Waals surface area contributed by atoms with Crippen molar-refractivity contribution in [3.63, 3.8) is 0 Å². The third kappa shape index (κ3) is 4.10. The molecular formula is C15H14ClF2IN2. The molecule has 0 aliphatic rings. The normalized spacial score (nSPS) is 11.4. The molecule has 0 saturated heterocycles. The predicted octanol–water partition coefficient (Wildman–Crippen LogP) is 5.54. The van der Waals surface area contributed by atoms with E-state index in [1.54, 1.807) is 12.1 Å². The number of aromatic nitrogens is 2. The average Bonchev–Trinajstić information content (AvgIpc) is 2.43. The van der Waals surface area contributed by atoms with Crippen molar-refractivity contribution in [1.82, 2.24) is 9.97 Å². The zero-order valence-corrected chi connectivity index (χ0v) is 14.5. The van der Waals surface area contributed by atoms with Crippen LogP contribution in [-0.4, -0.2) is 9.97 Å². The van der Waals surface area contributed by atoms with Crippen molar-refractivity contribution in [3.8, 4) is 11.4 Å². The fourth-order valence-corrected chi connectivity index (χ4v) is 2.54. The number of alkyl halides is 2. The molecule has 0 bridgehead atoms. The summed E-state index contributed by atoms with van der Waals surface area (Å²) in [5, 5.41) is 0.397. The quantitative estimate of drug-likeness (QED) is 0.478. The third-order valence-electron chi connectivity index (χ3n) is 2.90. The van der Waals surface area contributed by atoms with Crippen molar-refractivity contribution >= 4 is 34.2 Å². The molecular weight excluding hydrogens is 409 g/mol. The second-order valence-electron chi connectivity index (χ2n) is 5.12. The van der Waals surface area contributed by atoms with Gasteiger partial charge in [0.2, 0.25) is 0 Å². The first-order chi connectivity index (χ1) is 9.88. The molecule has 6 heteroatoms. The summed E-state index contributed by atoms with van der Waals surface area (Å²) in [6.07, 6.45) is -1.68. The van der Waals surface area contributed by atoms with Crippen LogP contribution in [0.15, 0.2) is 24.3 Å². The van der Waals surface area contributed by atoms with Crippen molar-refractivity contribution in [2.24, 2.45) is 5.92 Å². The molecule has 1 aromatic carbocycles. The fourth-order valence-electron chi connectivity index (χ4n) is 1.89. The zero-order valence-electron chi connectivity index (χ0n) is 11.6. The topological polar surface area (TPSA) is 25.8 Å². The maximum absolute atomic E-state index is 12.6. The lowest BCUT2D eigenvalue weighted by Gasteiger charge is -2.10. The van der Waals surface area contributed by atoms with Gasteiger partial charge in [0.15, 0.2) is 5.82 Å². The minimum absolute atomic E-state index is 0.0160. The maximum Gasteiger partial charge on any atom is 0.263 e. The van der Waals surface area contributed by atoms with Gasteiger partial charge in [-0.3, -0.25) is 0 Å². The van der Waals surface area contributed by atoms with Crippen molar-refractivity contribution < 1.29 is 8.78 Å². The summed E-state index contributed by atoms with van der Waals surface area (Å²) in [6.45, 7) is 4.20. The first-order valence-electron chi connectivity index (χ1n) is 6.49. The van der Waals surface area contributed by atoms with E-state index in [4.69, 9.17) is 11.6 Å². The van der Waals surface area contributed by atoms with Crippen LogP contribution in [0.3, 0.4) is 0 Å². The molecule has 0 amide bonds.